The Hall–Kier alpha value is -2.58. The summed E-state index contributed by atoms with van der Waals surface area (Å²) in [6.07, 6.45) is 70.7. The Balaban J connectivity index is 4.03. The zero-order valence-electron chi connectivity index (χ0n) is 44.5. The summed E-state index contributed by atoms with van der Waals surface area (Å²) in [6.45, 7) is 4.47. The van der Waals surface area contributed by atoms with Crippen molar-refractivity contribution in [2.45, 2.75) is 231 Å². The summed E-state index contributed by atoms with van der Waals surface area (Å²) in [5.74, 6) is -0.212. The van der Waals surface area contributed by atoms with Crippen molar-refractivity contribution in [3.05, 3.63) is 97.2 Å². The van der Waals surface area contributed by atoms with E-state index in [2.05, 4.69) is 104 Å². The third kappa shape index (κ3) is 51.3. The molecule has 9 heteroatoms. The van der Waals surface area contributed by atoms with Crippen molar-refractivity contribution >= 4 is 13.7 Å². The molecule has 0 aromatic heterocycles. The normalized spacial score (nSPS) is 14.8. The summed E-state index contributed by atoms with van der Waals surface area (Å²) >= 11 is 0. The van der Waals surface area contributed by atoms with Crippen LogP contribution in [0.5, 0.6) is 0 Å². The zero-order chi connectivity index (χ0) is 49.9. The first kappa shape index (κ1) is 65.4. The monoisotopic (exact) mass is 969 g/mol. The Kier molecular flexibility index (Phi) is 47.5. The summed E-state index contributed by atoms with van der Waals surface area (Å²) in [6, 6.07) is -0.906. The van der Waals surface area contributed by atoms with Crippen LogP contribution >= 0.6 is 7.82 Å². The standard InChI is InChI=1S/C59H105N2O6P/c1-6-8-10-12-14-16-18-19-20-21-22-23-24-25-26-27-28-29-30-31-32-33-34-35-36-37-38-39-40-41-43-45-47-49-51-53-59(63)60-57(56-67-68(64,65)66-55-54-61(3,4)5)58(62)52-50-48-46-44-42-17-15-13-11-9-7-2/h8,10,14,16,19-20,22-23,25-26,28-29,42,44,50,52,57-58,62H,6-7,9,11-13,15,17-18,21,24,27,30-41,43,45-49,51,53-56H2,1-5H3,(H-,60,63,64,65)/b10-8-,16-14-,20-19-,23-22-,26-25-,29-28-,44-42+,52-50+. The Bertz CT molecular complexity index is 1420. The van der Waals surface area contributed by atoms with Gasteiger partial charge in [-0.1, -0.05) is 227 Å². The number of nitrogens with zero attached hydrogens (tertiary/aromatic N) is 1. The lowest BCUT2D eigenvalue weighted by atomic mass is 10.0. The van der Waals surface area contributed by atoms with Crippen molar-refractivity contribution in [1.29, 1.82) is 0 Å². The fourth-order valence-electron chi connectivity index (χ4n) is 7.47. The predicted molar refractivity (Wildman–Crippen MR) is 293 cm³/mol. The molecule has 0 radical (unpaired) electrons. The molecule has 68 heavy (non-hydrogen) atoms. The van der Waals surface area contributed by atoms with Gasteiger partial charge in [0.2, 0.25) is 5.91 Å². The largest absolute Gasteiger partial charge is 0.756 e. The van der Waals surface area contributed by atoms with Gasteiger partial charge in [0.1, 0.15) is 13.2 Å². The molecule has 0 saturated heterocycles. The van der Waals surface area contributed by atoms with Crippen LogP contribution in [-0.4, -0.2) is 68.5 Å². The second kappa shape index (κ2) is 49.4. The molecule has 0 heterocycles. The molecule has 3 atom stereocenters. The third-order valence-corrected chi connectivity index (χ3v) is 12.7. The maximum Gasteiger partial charge on any atom is 0.268 e. The number of unbranched alkanes of at least 4 members (excludes halogenated alkanes) is 22. The van der Waals surface area contributed by atoms with Crippen LogP contribution in [0.1, 0.15) is 219 Å². The van der Waals surface area contributed by atoms with Gasteiger partial charge in [-0.2, -0.15) is 0 Å². The van der Waals surface area contributed by atoms with Gasteiger partial charge in [-0.15, -0.1) is 0 Å². The molecule has 0 rings (SSSR count). The minimum Gasteiger partial charge on any atom is -0.756 e. The van der Waals surface area contributed by atoms with E-state index in [1.165, 1.54) is 122 Å². The molecule has 0 saturated carbocycles. The molecule has 0 aliphatic heterocycles. The van der Waals surface area contributed by atoms with Crippen LogP contribution in [0, 0.1) is 0 Å². The summed E-state index contributed by atoms with van der Waals surface area (Å²) < 4.78 is 23.2. The van der Waals surface area contributed by atoms with Crippen molar-refractivity contribution < 1.29 is 32.9 Å². The summed E-state index contributed by atoms with van der Waals surface area (Å²) in [5, 5.41) is 13.8. The minimum atomic E-state index is -4.60. The topological polar surface area (TPSA) is 108 Å². The van der Waals surface area contributed by atoms with E-state index in [1.807, 2.05) is 27.2 Å². The number of quaternary nitrogens is 1. The van der Waals surface area contributed by atoms with Crippen molar-refractivity contribution in [1.82, 2.24) is 5.32 Å². The number of phosphoric ester groups is 1. The smallest absolute Gasteiger partial charge is 0.268 e. The van der Waals surface area contributed by atoms with Crippen LogP contribution in [0.3, 0.4) is 0 Å². The highest BCUT2D eigenvalue weighted by molar-refractivity contribution is 7.45. The number of nitrogens with one attached hydrogen (secondary N) is 1. The fraction of sp³-hybridized carbons (Fsp3) is 0.712. The first-order chi connectivity index (χ1) is 33.0. The Morgan fingerprint density at radius 3 is 1.37 bits per heavy atom. The molecule has 0 aromatic rings. The second-order valence-corrected chi connectivity index (χ2v) is 21.0. The maximum atomic E-state index is 12.9. The quantitative estimate of drug-likeness (QED) is 0.0272. The van der Waals surface area contributed by atoms with Gasteiger partial charge in [0.05, 0.1) is 39.9 Å². The number of carbonyl (C=O) groups is 1. The van der Waals surface area contributed by atoms with Gasteiger partial charge in [-0.05, 0) is 83.5 Å². The van der Waals surface area contributed by atoms with Crippen LogP contribution < -0.4 is 10.2 Å². The number of phosphoric acid groups is 1. The molecule has 3 unspecified atom stereocenters. The van der Waals surface area contributed by atoms with Crippen molar-refractivity contribution in [3.63, 3.8) is 0 Å². The highest BCUT2D eigenvalue weighted by Gasteiger charge is 2.23. The first-order valence-electron chi connectivity index (χ1n) is 27.6. The first-order valence-corrected chi connectivity index (χ1v) is 29.1. The van der Waals surface area contributed by atoms with Gasteiger partial charge < -0.3 is 28.8 Å². The second-order valence-electron chi connectivity index (χ2n) is 19.5. The molecule has 0 bridgehead atoms. The Morgan fingerprint density at radius 1 is 0.529 bits per heavy atom. The Labute approximate surface area is 419 Å². The van der Waals surface area contributed by atoms with E-state index in [9.17, 15) is 19.4 Å². The molecular weight excluding hydrogens is 864 g/mol. The molecule has 1 amide bonds. The average Bonchev–Trinajstić information content (AvgIpc) is 3.30. The van der Waals surface area contributed by atoms with Gasteiger partial charge >= 0.3 is 0 Å². The van der Waals surface area contributed by atoms with E-state index in [0.29, 0.717) is 17.4 Å². The number of hydrogen-bond acceptors (Lipinski definition) is 6. The van der Waals surface area contributed by atoms with Gasteiger partial charge in [0.15, 0.2) is 0 Å². The molecular formula is C59H105N2O6P. The number of carbonyl (C=O) groups excluding carboxylic acids is 1. The fourth-order valence-corrected chi connectivity index (χ4v) is 8.19. The summed E-state index contributed by atoms with van der Waals surface area (Å²) in [5.41, 5.74) is 0. The molecule has 2 N–H and O–H groups in total. The number of amides is 1. The lowest BCUT2D eigenvalue weighted by molar-refractivity contribution is -0.870. The third-order valence-electron chi connectivity index (χ3n) is 11.8. The highest BCUT2D eigenvalue weighted by atomic mass is 31.2. The van der Waals surface area contributed by atoms with Crippen molar-refractivity contribution in [2.75, 3.05) is 40.9 Å². The molecule has 8 nitrogen and oxygen atoms in total. The molecule has 0 aliphatic carbocycles. The van der Waals surface area contributed by atoms with Gasteiger partial charge in [-0.3, -0.25) is 9.36 Å². The van der Waals surface area contributed by atoms with Crippen LogP contribution in [0.25, 0.3) is 0 Å². The van der Waals surface area contributed by atoms with Crippen LogP contribution in [0.2, 0.25) is 0 Å². The molecule has 0 aliphatic rings. The number of likely N-dealkylation sites (N-methyl/N-ethyl adjacent to an activating group) is 1. The lowest BCUT2D eigenvalue weighted by Gasteiger charge is -2.29. The van der Waals surface area contributed by atoms with Crippen LogP contribution in [0.4, 0.5) is 0 Å². The van der Waals surface area contributed by atoms with E-state index >= 15 is 0 Å². The molecule has 0 fully saturated rings. The van der Waals surface area contributed by atoms with Gasteiger partial charge in [0.25, 0.3) is 7.82 Å². The predicted octanol–water partition coefficient (Wildman–Crippen LogP) is 16.0. The zero-order valence-corrected chi connectivity index (χ0v) is 45.4. The minimum absolute atomic E-state index is 0.00943. The van der Waals surface area contributed by atoms with Crippen molar-refractivity contribution in [3.8, 4) is 0 Å². The SMILES string of the molecule is CC/C=C\C/C=C\C/C=C\C/C=C\C/C=C\C/C=C\CCCCCCCCCCCCCCCCCCC(=O)NC(COP(=O)([O-])OCC[N+](C)(C)C)C(O)/C=C/CC/C=C/CCCCCCC. The van der Waals surface area contributed by atoms with Gasteiger partial charge in [0, 0.05) is 6.42 Å². The van der Waals surface area contributed by atoms with E-state index < -0.39 is 26.6 Å². The summed E-state index contributed by atoms with van der Waals surface area (Å²) in [4.78, 5) is 25.4. The lowest BCUT2D eigenvalue weighted by Crippen LogP contribution is -2.45. The molecule has 392 valence electrons. The van der Waals surface area contributed by atoms with E-state index in [1.54, 1.807) is 6.08 Å². The van der Waals surface area contributed by atoms with E-state index in [-0.39, 0.29) is 12.5 Å². The van der Waals surface area contributed by atoms with Crippen molar-refractivity contribution in [2.24, 2.45) is 0 Å². The number of aliphatic hydroxyl groups is 1. The summed E-state index contributed by atoms with van der Waals surface area (Å²) in [7, 11) is 1.23. The van der Waals surface area contributed by atoms with Crippen LogP contribution in [-0.2, 0) is 18.4 Å². The maximum absolute atomic E-state index is 12.9. The number of rotatable bonds is 49. The number of aliphatic hydroxyl groups excluding tert-OH is 1. The van der Waals surface area contributed by atoms with Crippen LogP contribution in [0.15, 0.2) is 97.2 Å². The van der Waals surface area contributed by atoms with E-state index in [4.69, 9.17) is 9.05 Å². The Morgan fingerprint density at radius 2 is 0.912 bits per heavy atom. The highest BCUT2D eigenvalue weighted by Crippen LogP contribution is 2.38. The van der Waals surface area contributed by atoms with E-state index in [0.717, 1.165) is 77.0 Å². The molecule has 0 aromatic carbocycles. The van der Waals surface area contributed by atoms with Gasteiger partial charge in [-0.25, -0.2) is 0 Å². The molecule has 0 spiro atoms. The number of allylic oxidation sites excluding steroid dienone is 15. The number of hydrogen-bond donors (Lipinski definition) is 2. The average molecular weight is 969 g/mol.